The first-order chi connectivity index (χ1) is 12.6. The Bertz CT molecular complexity index is 1030. The van der Waals surface area contributed by atoms with Gasteiger partial charge in [0, 0.05) is 50.8 Å². The summed E-state index contributed by atoms with van der Waals surface area (Å²) < 4.78 is 5.86. The van der Waals surface area contributed by atoms with E-state index >= 15 is 0 Å². The van der Waals surface area contributed by atoms with E-state index in [1.807, 2.05) is 41.3 Å². The summed E-state index contributed by atoms with van der Waals surface area (Å²) >= 11 is 2.21. The van der Waals surface area contributed by atoms with Crippen LogP contribution in [0.2, 0.25) is 0 Å². The lowest BCUT2D eigenvalue weighted by Gasteiger charge is -2.27. The SMILES string of the molecule is COC(=O)c1ccc2[nH]c3c(c2c1)CN(C(=O)c1cccc(I)c1)CC3. The first-order valence-electron chi connectivity index (χ1n) is 8.33. The highest BCUT2D eigenvalue weighted by atomic mass is 127. The summed E-state index contributed by atoms with van der Waals surface area (Å²) in [5.41, 5.74) is 4.41. The number of aromatic amines is 1. The summed E-state index contributed by atoms with van der Waals surface area (Å²) in [5.74, 6) is -0.322. The van der Waals surface area contributed by atoms with Crippen LogP contribution in [0.15, 0.2) is 42.5 Å². The molecule has 132 valence electrons. The molecule has 0 unspecified atom stereocenters. The van der Waals surface area contributed by atoms with E-state index in [0.29, 0.717) is 24.2 Å². The van der Waals surface area contributed by atoms with Crippen molar-refractivity contribution >= 4 is 45.4 Å². The molecule has 1 N–H and O–H groups in total. The van der Waals surface area contributed by atoms with Crippen molar-refractivity contribution in [3.05, 3.63) is 68.4 Å². The number of carbonyl (C=O) groups excluding carboxylic acids is 2. The molecule has 3 aromatic rings. The van der Waals surface area contributed by atoms with Crippen molar-refractivity contribution in [2.24, 2.45) is 0 Å². The van der Waals surface area contributed by atoms with Gasteiger partial charge in [0.15, 0.2) is 0 Å². The monoisotopic (exact) mass is 460 g/mol. The van der Waals surface area contributed by atoms with Crippen molar-refractivity contribution < 1.29 is 14.3 Å². The lowest BCUT2D eigenvalue weighted by Crippen LogP contribution is -2.35. The number of rotatable bonds is 2. The number of halogens is 1. The maximum atomic E-state index is 12.9. The smallest absolute Gasteiger partial charge is 0.337 e. The minimum Gasteiger partial charge on any atom is -0.465 e. The summed E-state index contributed by atoms with van der Waals surface area (Å²) in [4.78, 5) is 30.0. The molecular weight excluding hydrogens is 443 g/mol. The fourth-order valence-electron chi connectivity index (χ4n) is 3.44. The number of hydrogen-bond acceptors (Lipinski definition) is 3. The van der Waals surface area contributed by atoms with Gasteiger partial charge < -0.3 is 14.6 Å². The third-order valence-electron chi connectivity index (χ3n) is 4.76. The highest BCUT2D eigenvalue weighted by Crippen LogP contribution is 2.29. The van der Waals surface area contributed by atoms with Crippen LogP contribution >= 0.6 is 22.6 Å². The Kier molecular flexibility index (Phi) is 4.44. The summed E-state index contributed by atoms with van der Waals surface area (Å²) in [7, 11) is 1.38. The summed E-state index contributed by atoms with van der Waals surface area (Å²) in [6.07, 6.45) is 0.771. The normalized spacial score (nSPS) is 13.5. The average Bonchev–Trinajstić information content (AvgIpc) is 3.03. The van der Waals surface area contributed by atoms with Crippen LogP contribution in [0.25, 0.3) is 10.9 Å². The number of aromatic nitrogens is 1. The van der Waals surface area contributed by atoms with Crippen molar-refractivity contribution in [3.63, 3.8) is 0 Å². The number of esters is 1. The van der Waals surface area contributed by atoms with Crippen LogP contribution in [0.1, 0.15) is 32.0 Å². The summed E-state index contributed by atoms with van der Waals surface area (Å²) in [5, 5.41) is 0.975. The Morgan fingerprint density at radius 1 is 1.15 bits per heavy atom. The van der Waals surface area contributed by atoms with Crippen LogP contribution in [0.4, 0.5) is 0 Å². The Morgan fingerprint density at radius 2 is 2.00 bits per heavy atom. The average molecular weight is 460 g/mol. The lowest BCUT2D eigenvalue weighted by atomic mass is 10.0. The Hall–Kier alpha value is -2.35. The van der Waals surface area contributed by atoms with Crippen molar-refractivity contribution in [3.8, 4) is 0 Å². The molecule has 2 heterocycles. The van der Waals surface area contributed by atoms with Gasteiger partial charge in [0.1, 0.15) is 0 Å². The van der Waals surface area contributed by atoms with Gasteiger partial charge in [-0.05, 0) is 59.0 Å². The number of nitrogens with one attached hydrogen (secondary N) is 1. The van der Waals surface area contributed by atoms with Crippen LogP contribution in [0, 0.1) is 3.57 Å². The second-order valence-corrected chi connectivity index (χ2v) is 7.57. The molecule has 5 nitrogen and oxygen atoms in total. The predicted octanol–water partition coefficient (Wildman–Crippen LogP) is 3.76. The van der Waals surface area contributed by atoms with E-state index in [9.17, 15) is 9.59 Å². The lowest BCUT2D eigenvalue weighted by molar-refractivity contribution is 0.0600. The van der Waals surface area contributed by atoms with E-state index in [1.165, 1.54) is 7.11 Å². The largest absolute Gasteiger partial charge is 0.465 e. The Balaban J connectivity index is 1.69. The Morgan fingerprint density at radius 3 is 2.77 bits per heavy atom. The zero-order valence-corrected chi connectivity index (χ0v) is 16.4. The third kappa shape index (κ3) is 2.98. The van der Waals surface area contributed by atoms with Crippen LogP contribution in [0.3, 0.4) is 0 Å². The van der Waals surface area contributed by atoms with Gasteiger partial charge in [-0.3, -0.25) is 4.79 Å². The first-order valence-corrected chi connectivity index (χ1v) is 9.41. The predicted molar refractivity (Wildman–Crippen MR) is 107 cm³/mol. The van der Waals surface area contributed by atoms with E-state index in [4.69, 9.17) is 4.74 Å². The number of carbonyl (C=O) groups is 2. The zero-order valence-electron chi connectivity index (χ0n) is 14.2. The zero-order chi connectivity index (χ0) is 18.3. The maximum Gasteiger partial charge on any atom is 0.337 e. The maximum absolute atomic E-state index is 12.9. The molecule has 1 amide bonds. The van der Waals surface area contributed by atoms with Gasteiger partial charge >= 0.3 is 5.97 Å². The fourth-order valence-corrected chi connectivity index (χ4v) is 3.98. The first kappa shape index (κ1) is 17.1. The summed E-state index contributed by atoms with van der Waals surface area (Å²) in [6.45, 7) is 1.21. The van der Waals surface area contributed by atoms with Gasteiger partial charge in [-0.2, -0.15) is 0 Å². The van der Waals surface area contributed by atoms with Crippen LogP contribution < -0.4 is 0 Å². The molecule has 0 bridgehead atoms. The molecule has 0 saturated heterocycles. The van der Waals surface area contributed by atoms with Crippen LogP contribution in [-0.2, 0) is 17.7 Å². The van der Waals surface area contributed by atoms with Gasteiger partial charge in [-0.1, -0.05) is 6.07 Å². The van der Waals surface area contributed by atoms with Gasteiger partial charge in [0.2, 0.25) is 0 Å². The number of H-pyrrole nitrogens is 1. The van der Waals surface area contributed by atoms with Crippen molar-refractivity contribution in [1.82, 2.24) is 9.88 Å². The molecule has 0 aliphatic carbocycles. The molecule has 6 heteroatoms. The van der Waals surface area contributed by atoms with E-state index in [1.54, 1.807) is 6.07 Å². The number of fused-ring (bicyclic) bond motifs is 3. The van der Waals surface area contributed by atoms with Gasteiger partial charge in [0.05, 0.1) is 12.7 Å². The number of benzene rings is 2. The number of nitrogens with zero attached hydrogens (tertiary/aromatic N) is 1. The minimum absolute atomic E-state index is 0.0349. The van der Waals surface area contributed by atoms with Gasteiger partial charge in [0.25, 0.3) is 5.91 Å². The van der Waals surface area contributed by atoms with Gasteiger partial charge in [-0.25, -0.2) is 4.79 Å². The highest BCUT2D eigenvalue weighted by molar-refractivity contribution is 14.1. The number of ether oxygens (including phenoxy) is 1. The second kappa shape index (κ2) is 6.75. The second-order valence-electron chi connectivity index (χ2n) is 6.32. The molecule has 0 atom stereocenters. The standard InChI is InChI=1S/C20H17IN2O3/c1-26-20(25)13-5-6-17-15(10-13)16-11-23(8-7-18(16)22-17)19(24)12-3-2-4-14(21)9-12/h2-6,9-10,22H,7-8,11H2,1H3. The molecule has 0 fully saturated rings. The van der Waals surface area contributed by atoms with Gasteiger partial charge in [-0.15, -0.1) is 0 Å². The number of amides is 1. The van der Waals surface area contributed by atoms with Crippen LogP contribution in [0.5, 0.6) is 0 Å². The van der Waals surface area contributed by atoms with Crippen molar-refractivity contribution in [2.75, 3.05) is 13.7 Å². The topological polar surface area (TPSA) is 62.4 Å². The van der Waals surface area contributed by atoms with Crippen molar-refractivity contribution in [1.29, 1.82) is 0 Å². The van der Waals surface area contributed by atoms with Crippen LogP contribution in [-0.4, -0.2) is 35.4 Å². The van der Waals surface area contributed by atoms with E-state index < -0.39 is 0 Å². The third-order valence-corrected chi connectivity index (χ3v) is 5.43. The minimum atomic E-state index is -0.357. The molecule has 1 aliphatic heterocycles. The van der Waals surface area contributed by atoms with Crippen molar-refractivity contribution in [2.45, 2.75) is 13.0 Å². The highest BCUT2D eigenvalue weighted by Gasteiger charge is 2.25. The summed E-state index contributed by atoms with van der Waals surface area (Å²) in [6, 6.07) is 13.1. The van der Waals surface area contributed by atoms with E-state index in [2.05, 4.69) is 27.6 Å². The van der Waals surface area contributed by atoms with E-state index in [0.717, 1.165) is 32.2 Å². The molecule has 26 heavy (non-hydrogen) atoms. The fraction of sp³-hybridized carbons (Fsp3) is 0.200. The molecule has 0 saturated carbocycles. The molecular formula is C20H17IN2O3. The molecule has 1 aromatic heterocycles. The molecule has 2 aromatic carbocycles. The molecule has 0 radical (unpaired) electrons. The Labute approximate surface area is 164 Å². The number of methoxy groups -OCH3 is 1. The molecule has 0 spiro atoms. The van der Waals surface area contributed by atoms with E-state index in [-0.39, 0.29) is 11.9 Å². The number of hydrogen-bond donors (Lipinski definition) is 1. The quantitative estimate of drug-likeness (QED) is 0.468. The molecule has 4 rings (SSSR count). The molecule has 1 aliphatic rings.